The summed E-state index contributed by atoms with van der Waals surface area (Å²) in [7, 11) is -3.28. The molecule has 1 aromatic carbocycles. The Labute approximate surface area is 210 Å². The number of piperidine rings is 1. The number of carbonyl (C=O) groups is 1. The number of nitrogens with two attached hydrogens (primary N) is 1. The molecule has 2 aromatic heterocycles. The van der Waals surface area contributed by atoms with Gasteiger partial charge < -0.3 is 11.1 Å². The van der Waals surface area contributed by atoms with E-state index in [0.29, 0.717) is 55.2 Å². The second kappa shape index (κ2) is 10.4. The Hall–Kier alpha value is -3.82. The predicted octanol–water partition coefficient (Wildman–Crippen LogP) is 2.63. The van der Waals surface area contributed by atoms with Crippen molar-refractivity contribution in [1.82, 2.24) is 24.1 Å². The van der Waals surface area contributed by atoms with Crippen molar-refractivity contribution in [1.29, 1.82) is 5.26 Å². The molecule has 3 N–H and O–H groups in total. The molecular formula is C24H28N8O3S. The van der Waals surface area contributed by atoms with Gasteiger partial charge in [0, 0.05) is 42.3 Å². The summed E-state index contributed by atoms with van der Waals surface area (Å²) in [6.07, 6.45) is 6.97. The first-order chi connectivity index (χ1) is 17.3. The van der Waals surface area contributed by atoms with E-state index < -0.39 is 21.5 Å². The van der Waals surface area contributed by atoms with Gasteiger partial charge in [-0.1, -0.05) is 6.92 Å². The van der Waals surface area contributed by atoms with Crippen LogP contribution in [-0.4, -0.2) is 57.2 Å². The molecule has 1 amide bonds. The van der Waals surface area contributed by atoms with Gasteiger partial charge in [-0.3, -0.25) is 9.48 Å². The maximum Gasteiger partial charge on any atom is 0.248 e. The number of nitrogens with zero attached hydrogens (tertiary/aromatic N) is 6. The number of aromatic nitrogens is 4. The minimum Gasteiger partial charge on any atom is -0.366 e. The van der Waals surface area contributed by atoms with E-state index >= 15 is 0 Å². The Balaban J connectivity index is 1.52. The van der Waals surface area contributed by atoms with E-state index in [0.717, 1.165) is 5.56 Å². The average Bonchev–Trinajstić information content (AvgIpc) is 3.36. The van der Waals surface area contributed by atoms with Crippen LogP contribution in [0.1, 0.15) is 43.0 Å². The summed E-state index contributed by atoms with van der Waals surface area (Å²) in [4.78, 5) is 20.1. The summed E-state index contributed by atoms with van der Waals surface area (Å²) in [6, 6.07) is 10.7. The molecular weight excluding hydrogens is 480 g/mol. The van der Waals surface area contributed by atoms with Crippen molar-refractivity contribution >= 4 is 27.6 Å². The third kappa shape index (κ3) is 5.37. The Bertz CT molecular complexity index is 1370. The summed E-state index contributed by atoms with van der Waals surface area (Å²) in [6.45, 7) is 2.56. The minimum absolute atomic E-state index is 0.129. The lowest BCUT2D eigenvalue weighted by molar-refractivity contribution is 0.1000. The number of sulfonamides is 1. The van der Waals surface area contributed by atoms with Crippen LogP contribution in [0.3, 0.4) is 0 Å². The second-order valence-electron chi connectivity index (χ2n) is 8.78. The Kier molecular flexibility index (Phi) is 7.32. The molecule has 11 nitrogen and oxygen atoms in total. The molecule has 1 aliphatic heterocycles. The average molecular weight is 509 g/mol. The first-order valence-electron chi connectivity index (χ1n) is 11.7. The Morgan fingerprint density at radius 3 is 2.58 bits per heavy atom. The van der Waals surface area contributed by atoms with Crippen molar-refractivity contribution < 1.29 is 13.2 Å². The van der Waals surface area contributed by atoms with Crippen molar-refractivity contribution in [3.8, 4) is 17.3 Å². The van der Waals surface area contributed by atoms with Crippen LogP contribution in [0, 0.1) is 11.3 Å². The number of amides is 1. The molecule has 0 spiro atoms. The molecule has 0 bridgehead atoms. The zero-order chi connectivity index (χ0) is 25.8. The number of anilines is 2. The van der Waals surface area contributed by atoms with E-state index in [1.54, 1.807) is 47.4 Å². The van der Waals surface area contributed by atoms with E-state index in [2.05, 4.69) is 26.5 Å². The number of carbonyl (C=O) groups excluding carboxylic acids is 1. The molecule has 0 atom stereocenters. The summed E-state index contributed by atoms with van der Waals surface area (Å²) in [5.41, 5.74) is 7.20. The lowest BCUT2D eigenvalue weighted by Gasteiger charge is -2.40. The van der Waals surface area contributed by atoms with Gasteiger partial charge in [-0.05, 0) is 49.6 Å². The molecule has 0 saturated carbocycles. The molecule has 4 rings (SSSR count). The smallest absolute Gasteiger partial charge is 0.248 e. The zero-order valence-electron chi connectivity index (χ0n) is 20.0. The molecule has 188 valence electrons. The normalized spacial score (nSPS) is 15.8. The van der Waals surface area contributed by atoms with E-state index in [1.165, 1.54) is 4.31 Å². The fourth-order valence-electron chi connectivity index (χ4n) is 4.34. The highest BCUT2D eigenvalue weighted by molar-refractivity contribution is 7.89. The lowest BCUT2D eigenvalue weighted by Crippen LogP contribution is -2.48. The number of hydrogen-bond donors (Lipinski definition) is 2. The molecule has 3 aromatic rings. The van der Waals surface area contributed by atoms with E-state index in [-0.39, 0.29) is 12.2 Å². The monoisotopic (exact) mass is 508 g/mol. The van der Waals surface area contributed by atoms with Crippen molar-refractivity contribution in [2.75, 3.05) is 24.2 Å². The zero-order valence-corrected chi connectivity index (χ0v) is 20.8. The highest BCUT2D eigenvalue weighted by Gasteiger charge is 2.40. The summed E-state index contributed by atoms with van der Waals surface area (Å²) < 4.78 is 28.3. The van der Waals surface area contributed by atoms with Crippen LogP contribution in [-0.2, 0) is 15.6 Å². The fourth-order valence-corrected chi connectivity index (χ4v) is 5.86. The van der Waals surface area contributed by atoms with E-state index in [1.807, 2.05) is 13.1 Å². The van der Waals surface area contributed by atoms with Gasteiger partial charge in [-0.2, -0.15) is 10.4 Å². The van der Waals surface area contributed by atoms with Crippen LogP contribution in [0.15, 0.2) is 48.9 Å². The Morgan fingerprint density at radius 2 is 1.94 bits per heavy atom. The van der Waals surface area contributed by atoms with Crippen molar-refractivity contribution in [3.63, 3.8) is 0 Å². The lowest BCUT2D eigenvalue weighted by atomic mass is 9.85. The SMILES string of the molecule is CCCS(=O)(=O)N1CCC(CC#N)(n2cc(-c3ccnc(Nc4ccc(C(N)=O)cc4)n3)cn2)CC1. The van der Waals surface area contributed by atoms with Gasteiger partial charge in [0.2, 0.25) is 21.9 Å². The minimum atomic E-state index is -3.28. The Morgan fingerprint density at radius 1 is 1.22 bits per heavy atom. The maximum absolute atomic E-state index is 12.5. The molecule has 36 heavy (non-hydrogen) atoms. The highest BCUT2D eigenvalue weighted by Crippen LogP contribution is 2.35. The fraction of sp³-hybridized carbons (Fsp3) is 0.375. The molecule has 12 heteroatoms. The first kappa shape index (κ1) is 25.3. The van der Waals surface area contributed by atoms with Crippen molar-refractivity contribution in [2.45, 2.75) is 38.1 Å². The summed E-state index contributed by atoms with van der Waals surface area (Å²) in [5, 5.41) is 17.2. The number of nitriles is 1. The quantitative estimate of drug-likeness (QED) is 0.446. The second-order valence-corrected chi connectivity index (χ2v) is 10.9. The van der Waals surface area contributed by atoms with Gasteiger partial charge in [0.05, 0.1) is 35.7 Å². The summed E-state index contributed by atoms with van der Waals surface area (Å²) >= 11 is 0. The third-order valence-corrected chi connectivity index (χ3v) is 8.44. The summed E-state index contributed by atoms with van der Waals surface area (Å²) in [5.74, 6) is -0.00345. The highest BCUT2D eigenvalue weighted by atomic mass is 32.2. The maximum atomic E-state index is 12.5. The van der Waals surface area contributed by atoms with Crippen LogP contribution < -0.4 is 11.1 Å². The van der Waals surface area contributed by atoms with Gasteiger partial charge in [0.1, 0.15) is 0 Å². The van der Waals surface area contributed by atoms with E-state index in [4.69, 9.17) is 5.73 Å². The topological polar surface area (TPSA) is 160 Å². The number of rotatable bonds is 9. The molecule has 3 heterocycles. The number of nitrogens with one attached hydrogen (secondary N) is 1. The molecule has 0 radical (unpaired) electrons. The largest absolute Gasteiger partial charge is 0.366 e. The van der Waals surface area contributed by atoms with Crippen LogP contribution in [0.25, 0.3) is 11.3 Å². The predicted molar refractivity (Wildman–Crippen MR) is 135 cm³/mol. The molecule has 0 aliphatic carbocycles. The van der Waals surface area contributed by atoms with Crippen molar-refractivity contribution in [2.24, 2.45) is 5.73 Å². The van der Waals surface area contributed by atoms with Gasteiger partial charge in [-0.15, -0.1) is 0 Å². The van der Waals surface area contributed by atoms with Crippen LogP contribution in [0.2, 0.25) is 0 Å². The van der Waals surface area contributed by atoms with Crippen LogP contribution >= 0.6 is 0 Å². The standard InChI is InChI=1S/C24H28N8O3S/c1-2-15-36(34,35)31-13-9-24(8-11-25,10-14-31)32-17-19(16-28-32)21-7-12-27-23(30-21)29-20-5-3-18(4-6-20)22(26)33/h3-7,12,16-17H,2,8-10,13-15H2,1H3,(H2,26,33)(H,27,29,30). The van der Waals surface area contributed by atoms with E-state index in [9.17, 15) is 18.5 Å². The van der Waals surface area contributed by atoms with Crippen molar-refractivity contribution in [3.05, 3.63) is 54.5 Å². The molecule has 1 fully saturated rings. The number of primary amides is 1. The van der Waals surface area contributed by atoms with Crippen LogP contribution in [0.5, 0.6) is 0 Å². The van der Waals surface area contributed by atoms with Crippen LogP contribution in [0.4, 0.5) is 11.6 Å². The first-order valence-corrected chi connectivity index (χ1v) is 13.3. The van der Waals surface area contributed by atoms with Gasteiger partial charge in [-0.25, -0.2) is 22.7 Å². The van der Waals surface area contributed by atoms with Gasteiger partial charge in [0.25, 0.3) is 0 Å². The van der Waals surface area contributed by atoms with Gasteiger partial charge >= 0.3 is 0 Å². The molecule has 0 unspecified atom stereocenters. The number of hydrogen-bond acceptors (Lipinski definition) is 8. The third-order valence-electron chi connectivity index (χ3n) is 6.36. The molecule has 1 saturated heterocycles. The van der Waals surface area contributed by atoms with Gasteiger partial charge in [0.15, 0.2) is 0 Å². The number of benzene rings is 1. The molecule has 1 aliphatic rings.